The molecule has 4 nitrogen and oxygen atoms in total. The molecule has 3 aromatic carbocycles. The van der Waals surface area contributed by atoms with Gasteiger partial charge in [-0.3, -0.25) is 0 Å². The molecular formula is C22H25NO3. The minimum atomic E-state index is -0.958. The Morgan fingerprint density at radius 1 is 1.04 bits per heavy atom. The predicted octanol–water partition coefficient (Wildman–Crippen LogP) is 4.80. The van der Waals surface area contributed by atoms with E-state index in [1.165, 1.54) is 0 Å². The molecule has 0 saturated carbocycles. The molecule has 136 valence electrons. The van der Waals surface area contributed by atoms with Gasteiger partial charge in [-0.15, -0.1) is 0 Å². The van der Waals surface area contributed by atoms with Crippen molar-refractivity contribution in [2.24, 2.45) is 0 Å². The van der Waals surface area contributed by atoms with Crippen LogP contribution in [0.1, 0.15) is 32.3 Å². The van der Waals surface area contributed by atoms with Gasteiger partial charge in [0.15, 0.2) is 17.2 Å². The van der Waals surface area contributed by atoms with Gasteiger partial charge in [-0.25, -0.2) is 0 Å². The summed E-state index contributed by atoms with van der Waals surface area (Å²) < 4.78 is 11.2. The number of ether oxygens (including phenoxy) is 2. The summed E-state index contributed by atoms with van der Waals surface area (Å²) in [6.45, 7) is 4.95. The van der Waals surface area contributed by atoms with Crippen LogP contribution in [0.15, 0.2) is 36.4 Å². The van der Waals surface area contributed by atoms with Gasteiger partial charge >= 0.3 is 0 Å². The summed E-state index contributed by atoms with van der Waals surface area (Å²) in [6.07, 6.45) is 1.61. The van der Waals surface area contributed by atoms with Gasteiger partial charge in [-0.05, 0) is 36.2 Å². The highest BCUT2D eigenvalue weighted by Gasteiger charge is 2.43. The van der Waals surface area contributed by atoms with Crippen LogP contribution in [0.4, 0.5) is 5.69 Å². The summed E-state index contributed by atoms with van der Waals surface area (Å²) in [5, 5.41) is 15.9. The maximum Gasteiger partial charge on any atom is 0.169 e. The molecule has 0 bridgehead atoms. The van der Waals surface area contributed by atoms with Gasteiger partial charge < -0.3 is 19.5 Å². The fourth-order valence-corrected chi connectivity index (χ4v) is 4.54. The van der Waals surface area contributed by atoms with Crippen molar-refractivity contribution in [2.45, 2.75) is 32.4 Å². The van der Waals surface area contributed by atoms with E-state index in [9.17, 15) is 5.11 Å². The molecule has 1 N–H and O–H groups in total. The van der Waals surface area contributed by atoms with Crippen molar-refractivity contribution in [1.29, 1.82) is 0 Å². The lowest BCUT2D eigenvalue weighted by molar-refractivity contribution is 0.0294. The van der Waals surface area contributed by atoms with Crippen molar-refractivity contribution in [3.63, 3.8) is 0 Å². The quantitative estimate of drug-likeness (QED) is 0.671. The molecule has 1 heterocycles. The van der Waals surface area contributed by atoms with E-state index >= 15 is 0 Å². The van der Waals surface area contributed by atoms with E-state index in [1.807, 2.05) is 12.1 Å². The predicted molar refractivity (Wildman–Crippen MR) is 106 cm³/mol. The second-order valence-electron chi connectivity index (χ2n) is 6.83. The van der Waals surface area contributed by atoms with Gasteiger partial charge in [0.1, 0.15) is 0 Å². The average molecular weight is 351 g/mol. The third kappa shape index (κ3) is 2.05. The molecule has 0 aromatic heterocycles. The summed E-state index contributed by atoms with van der Waals surface area (Å²) in [5.74, 6) is 1.46. The molecule has 3 aromatic rings. The zero-order valence-electron chi connectivity index (χ0n) is 15.8. The Balaban J connectivity index is 2.17. The molecule has 1 unspecified atom stereocenters. The van der Waals surface area contributed by atoms with Crippen LogP contribution in [0.25, 0.3) is 21.5 Å². The molecule has 4 rings (SSSR count). The molecule has 4 heteroatoms. The molecule has 0 spiro atoms. The highest BCUT2D eigenvalue weighted by molar-refractivity contribution is 6.18. The van der Waals surface area contributed by atoms with E-state index in [-0.39, 0.29) is 0 Å². The molecule has 1 atom stereocenters. The normalized spacial score (nSPS) is 18.7. The first-order valence-corrected chi connectivity index (χ1v) is 9.21. The van der Waals surface area contributed by atoms with Crippen LogP contribution in [0.3, 0.4) is 0 Å². The average Bonchev–Trinajstić information content (AvgIpc) is 2.90. The lowest BCUT2D eigenvalue weighted by atomic mass is 9.93. The molecule has 1 aliphatic heterocycles. The Hall–Kier alpha value is -2.46. The first-order valence-electron chi connectivity index (χ1n) is 9.21. The number of fused-ring (bicyclic) bond motifs is 2. The molecular weight excluding hydrogens is 326 g/mol. The number of aliphatic hydroxyl groups is 1. The van der Waals surface area contributed by atoms with Gasteiger partial charge in [0, 0.05) is 28.6 Å². The van der Waals surface area contributed by atoms with Crippen LogP contribution in [-0.2, 0) is 5.72 Å². The zero-order chi connectivity index (χ0) is 18.5. The van der Waals surface area contributed by atoms with Crippen LogP contribution < -0.4 is 14.4 Å². The lowest BCUT2D eigenvalue weighted by Crippen LogP contribution is -2.43. The number of methoxy groups -OCH3 is 2. The molecule has 1 aliphatic rings. The fraction of sp³-hybridized carbons (Fsp3) is 0.364. The molecule has 26 heavy (non-hydrogen) atoms. The number of nitrogens with zero attached hydrogens (tertiary/aromatic N) is 1. The Morgan fingerprint density at radius 3 is 2.50 bits per heavy atom. The van der Waals surface area contributed by atoms with Crippen LogP contribution in [0, 0.1) is 0 Å². The largest absolute Gasteiger partial charge is 0.493 e. The number of rotatable bonds is 5. The summed E-state index contributed by atoms with van der Waals surface area (Å²) in [5.41, 5.74) is 1.12. The van der Waals surface area contributed by atoms with Crippen molar-refractivity contribution in [1.82, 2.24) is 0 Å². The summed E-state index contributed by atoms with van der Waals surface area (Å²) in [4.78, 5) is 2.13. The topological polar surface area (TPSA) is 41.9 Å². The zero-order valence-corrected chi connectivity index (χ0v) is 15.8. The van der Waals surface area contributed by atoms with Crippen molar-refractivity contribution in [2.75, 3.05) is 25.7 Å². The van der Waals surface area contributed by atoms with Gasteiger partial charge in [0.05, 0.1) is 14.2 Å². The number of anilines is 1. The number of hydrogen-bond donors (Lipinski definition) is 1. The van der Waals surface area contributed by atoms with Crippen molar-refractivity contribution in [3.8, 4) is 11.5 Å². The Bertz CT molecular complexity index is 998. The standard InChI is InChI=1S/C22H25NO3/c1-5-12-22(24)16-9-7-8-15-19-14(10-11-18(25-3)21(19)26-4)13-17(20(15)16)23(22)6-2/h7-11,13,24H,5-6,12H2,1-4H3. The summed E-state index contributed by atoms with van der Waals surface area (Å²) in [6, 6.07) is 12.4. The van der Waals surface area contributed by atoms with Crippen LogP contribution in [0.5, 0.6) is 11.5 Å². The van der Waals surface area contributed by atoms with E-state index in [4.69, 9.17) is 9.47 Å². The lowest BCUT2D eigenvalue weighted by Gasteiger charge is -2.36. The minimum Gasteiger partial charge on any atom is -0.493 e. The highest BCUT2D eigenvalue weighted by Crippen LogP contribution is 2.52. The van der Waals surface area contributed by atoms with E-state index in [0.29, 0.717) is 6.42 Å². The first kappa shape index (κ1) is 17.0. The Morgan fingerprint density at radius 2 is 1.85 bits per heavy atom. The SMILES string of the molecule is CCCC1(O)c2cccc3c2c(cc2ccc(OC)c(OC)c23)N1CC. The van der Waals surface area contributed by atoms with Crippen LogP contribution in [-0.4, -0.2) is 25.9 Å². The van der Waals surface area contributed by atoms with E-state index < -0.39 is 5.72 Å². The highest BCUT2D eigenvalue weighted by atomic mass is 16.5. The minimum absolute atomic E-state index is 0.700. The second kappa shape index (κ2) is 6.06. The van der Waals surface area contributed by atoms with E-state index in [1.54, 1.807) is 14.2 Å². The second-order valence-corrected chi connectivity index (χ2v) is 6.83. The Labute approximate surface area is 153 Å². The fourth-order valence-electron chi connectivity index (χ4n) is 4.54. The smallest absolute Gasteiger partial charge is 0.169 e. The third-order valence-corrected chi connectivity index (χ3v) is 5.54. The van der Waals surface area contributed by atoms with E-state index in [0.717, 1.165) is 57.3 Å². The van der Waals surface area contributed by atoms with E-state index in [2.05, 4.69) is 43.0 Å². The number of benzene rings is 3. The Kier molecular flexibility index (Phi) is 3.96. The molecule has 0 amide bonds. The number of hydrogen-bond acceptors (Lipinski definition) is 4. The van der Waals surface area contributed by atoms with Gasteiger partial charge in [-0.1, -0.05) is 37.6 Å². The summed E-state index contributed by atoms with van der Waals surface area (Å²) in [7, 11) is 3.33. The summed E-state index contributed by atoms with van der Waals surface area (Å²) >= 11 is 0. The monoisotopic (exact) mass is 351 g/mol. The molecule has 0 aliphatic carbocycles. The van der Waals surface area contributed by atoms with Crippen molar-refractivity contribution in [3.05, 3.63) is 42.0 Å². The van der Waals surface area contributed by atoms with Gasteiger partial charge in [0.25, 0.3) is 0 Å². The van der Waals surface area contributed by atoms with Crippen molar-refractivity contribution < 1.29 is 14.6 Å². The maximum absolute atomic E-state index is 11.6. The third-order valence-electron chi connectivity index (χ3n) is 5.54. The van der Waals surface area contributed by atoms with Crippen LogP contribution >= 0.6 is 0 Å². The van der Waals surface area contributed by atoms with Gasteiger partial charge in [-0.2, -0.15) is 0 Å². The molecule has 0 fully saturated rings. The van der Waals surface area contributed by atoms with Gasteiger partial charge in [0.2, 0.25) is 0 Å². The van der Waals surface area contributed by atoms with Crippen LogP contribution in [0.2, 0.25) is 0 Å². The first-order chi connectivity index (χ1) is 12.6. The van der Waals surface area contributed by atoms with Crippen molar-refractivity contribution >= 4 is 27.2 Å². The molecule has 0 radical (unpaired) electrons. The molecule has 0 saturated heterocycles. The maximum atomic E-state index is 11.6.